The van der Waals surface area contributed by atoms with Gasteiger partial charge in [-0.05, 0) is 57.0 Å². The quantitative estimate of drug-likeness (QED) is 0.179. The first kappa shape index (κ1) is 25.8. The van der Waals surface area contributed by atoms with Crippen LogP contribution in [-0.4, -0.2) is 66.5 Å². The Kier molecular flexibility index (Phi) is 8.44. The Morgan fingerprint density at radius 2 is 1.92 bits per heavy atom. The third-order valence-corrected chi connectivity index (χ3v) is 5.44. The minimum atomic E-state index is -0.567. The predicted molar refractivity (Wildman–Crippen MR) is 145 cm³/mol. The van der Waals surface area contributed by atoms with Gasteiger partial charge in [0.1, 0.15) is 23.5 Å². The summed E-state index contributed by atoms with van der Waals surface area (Å²) in [5.74, 6) is -0.357. The molecule has 2 aromatic heterocycles. The summed E-state index contributed by atoms with van der Waals surface area (Å²) in [4.78, 5) is 25.9. The van der Waals surface area contributed by atoms with E-state index in [1.165, 1.54) is 30.6 Å². The van der Waals surface area contributed by atoms with Gasteiger partial charge in [-0.15, -0.1) is 0 Å². The molecule has 0 atom stereocenters. The van der Waals surface area contributed by atoms with Gasteiger partial charge in [-0.2, -0.15) is 0 Å². The Morgan fingerprint density at radius 3 is 2.68 bits per heavy atom. The van der Waals surface area contributed by atoms with Crippen molar-refractivity contribution < 1.29 is 13.9 Å². The zero-order valence-corrected chi connectivity index (χ0v) is 21.0. The molecule has 37 heavy (non-hydrogen) atoms. The molecule has 0 aliphatic heterocycles. The fourth-order valence-electron chi connectivity index (χ4n) is 3.57. The van der Waals surface area contributed by atoms with Crippen LogP contribution in [0.4, 0.5) is 15.8 Å². The Labute approximate surface area is 214 Å². The van der Waals surface area contributed by atoms with Crippen molar-refractivity contribution >= 4 is 28.3 Å². The van der Waals surface area contributed by atoms with Crippen LogP contribution in [-0.2, 0) is 4.79 Å². The lowest BCUT2D eigenvalue weighted by atomic mass is 10.1. The van der Waals surface area contributed by atoms with Gasteiger partial charge in [-0.3, -0.25) is 4.79 Å². The smallest absolute Gasteiger partial charge is 0.248 e. The second-order valence-corrected chi connectivity index (χ2v) is 8.63. The van der Waals surface area contributed by atoms with E-state index < -0.39 is 11.7 Å². The molecule has 0 radical (unpaired) electrons. The maximum Gasteiger partial charge on any atom is 0.248 e. The summed E-state index contributed by atoms with van der Waals surface area (Å²) in [6.45, 7) is 2.31. The number of H-pyrrole nitrogens is 1. The number of fused-ring (bicyclic) bond motifs is 1. The van der Waals surface area contributed by atoms with E-state index in [-0.39, 0.29) is 5.69 Å². The highest BCUT2D eigenvalue weighted by Crippen LogP contribution is 2.32. The molecule has 2 aromatic carbocycles. The van der Waals surface area contributed by atoms with Crippen LogP contribution in [0, 0.1) is 5.82 Å². The van der Waals surface area contributed by atoms with Gasteiger partial charge in [0.25, 0.3) is 0 Å². The van der Waals surface area contributed by atoms with Crippen molar-refractivity contribution in [2.75, 3.05) is 51.4 Å². The van der Waals surface area contributed by atoms with E-state index in [0.717, 1.165) is 30.0 Å². The lowest BCUT2D eigenvalue weighted by Crippen LogP contribution is -2.17. The van der Waals surface area contributed by atoms with Gasteiger partial charge < -0.3 is 30.6 Å². The highest BCUT2D eigenvalue weighted by Gasteiger charge is 2.13. The average molecular weight is 504 g/mol. The zero-order chi connectivity index (χ0) is 26.2. The van der Waals surface area contributed by atoms with Crippen LogP contribution in [0.5, 0.6) is 11.6 Å². The Balaban J connectivity index is 1.51. The molecule has 192 valence electrons. The van der Waals surface area contributed by atoms with Crippen molar-refractivity contribution in [3.8, 4) is 22.9 Å². The van der Waals surface area contributed by atoms with Gasteiger partial charge in [0, 0.05) is 43.2 Å². The standard InChI is InChI=1S/C27H30FN7O2/c1-29-12-13-30-19-8-6-18(7-9-19)23-16-21-26(34-23)31-17-32-27(21)37-20-10-11-22(28)24(15-20)33-25(36)5-4-14-35(2)3/h4-11,15-17,29-30H,12-14H2,1-3H3,(H,33,36)(H,31,32,34)/b5-4+. The molecule has 0 saturated heterocycles. The summed E-state index contributed by atoms with van der Waals surface area (Å²) < 4.78 is 20.3. The Morgan fingerprint density at radius 1 is 1.11 bits per heavy atom. The molecule has 2 heterocycles. The van der Waals surface area contributed by atoms with Crippen LogP contribution in [0.25, 0.3) is 22.3 Å². The van der Waals surface area contributed by atoms with Gasteiger partial charge in [0.15, 0.2) is 0 Å². The molecular formula is C27H30FN7O2. The summed E-state index contributed by atoms with van der Waals surface area (Å²) in [6, 6.07) is 14.1. The van der Waals surface area contributed by atoms with Crippen LogP contribution >= 0.6 is 0 Å². The van der Waals surface area contributed by atoms with Gasteiger partial charge in [-0.1, -0.05) is 18.2 Å². The van der Waals surface area contributed by atoms with E-state index in [2.05, 4.69) is 30.9 Å². The topological polar surface area (TPSA) is 107 Å². The van der Waals surface area contributed by atoms with Crippen molar-refractivity contribution in [1.82, 2.24) is 25.2 Å². The van der Waals surface area contributed by atoms with E-state index in [1.807, 2.05) is 56.4 Å². The molecule has 0 bridgehead atoms. The first-order chi connectivity index (χ1) is 17.9. The SMILES string of the molecule is CNCCNc1ccc(-c2cc3c(Oc4ccc(F)c(NC(=O)/C=C/CN(C)C)c4)ncnc3[nH]2)cc1. The van der Waals surface area contributed by atoms with Gasteiger partial charge in [-0.25, -0.2) is 14.4 Å². The Hall–Kier alpha value is -4.28. The van der Waals surface area contributed by atoms with E-state index >= 15 is 0 Å². The molecule has 0 unspecified atom stereocenters. The number of nitrogens with zero attached hydrogens (tertiary/aromatic N) is 3. The molecule has 4 aromatic rings. The minimum Gasteiger partial charge on any atom is -0.438 e. The number of carbonyl (C=O) groups excluding carboxylic acids is 1. The first-order valence-corrected chi connectivity index (χ1v) is 11.8. The number of nitrogens with one attached hydrogen (secondary N) is 4. The van der Waals surface area contributed by atoms with Crippen molar-refractivity contribution in [1.29, 1.82) is 0 Å². The maximum atomic E-state index is 14.3. The van der Waals surface area contributed by atoms with Gasteiger partial charge >= 0.3 is 0 Å². The second kappa shape index (κ2) is 12.1. The van der Waals surface area contributed by atoms with E-state index in [9.17, 15) is 9.18 Å². The third-order valence-electron chi connectivity index (χ3n) is 5.44. The minimum absolute atomic E-state index is 0.0143. The maximum absolute atomic E-state index is 14.3. The zero-order valence-electron chi connectivity index (χ0n) is 21.0. The number of hydrogen-bond acceptors (Lipinski definition) is 7. The number of hydrogen-bond donors (Lipinski definition) is 4. The normalized spacial score (nSPS) is 11.4. The molecule has 1 amide bonds. The highest BCUT2D eigenvalue weighted by molar-refractivity contribution is 5.99. The van der Waals surface area contributed by atoms with Crippen LogP contribution in [0.3, 0.4) is 0 Å². The van der Waals surface area contributed by atoms with Crippen molar-refractivity contribution in [2.24, 2.45) is 0 Å². The molecule has 0 saturated carbocycles. The highest BCUT2D eigenvalue weighted by atomic mass is 19.1. The fourth-order valence-corrected chi connectivity index (χ4v) is 3.57. The number of aromatic nitrogens is 3. The number of likely N-dealkylation sites (N-methyl/N-ethyl adjacent to an activating group) is 2. The molecule has 0 fully saturated rings. The predicted octanol–water partition coefficient (Wildman–Crippen LogP) is 4.24. The number of halogens is 1. The van der Waals surface area contributed by atoms with Crippen LogP contribution in [0.1, 0.15) is 0 Å². The molecule has 0 aliphatic rings. The first-order valence-electron chi connectivity index (χ1n) is 11.8. The third kappa shape index (κ3) is 6.90. The summed E-state index contributed by atoms with van der Waals surface area (Å²) in [5.41, 5.74) is 3.50. The van der Waals surface area contributed by atoms with E-state index in [4.69, 9.17) is 4.74 Å². The van der Waals surface area contributed by atoms with Gasteiger partial charge in [0.05, 0.1) is 11.1 Å². The van der Waals surface area contributed by atoms with E-state index in [0.29, 0.717) is 29.2 Å². The van der Waals surface area contributed by atoms with Crippen LogP contribution in [0.15, 0.2) is 67.0 Å². The lowest BCUT2D eigenvalue weighted by molar-refractivity contribution is -0.111. The van der Waals surface area contributed by atoms with Crippen LogP contribution < -0.4 is 20.7 Å². The van der Waals surface area contributed by atoms with E-state index in [1.54, 1.807) is 6.08 Å². The van der Waals surface area contributed by atoms with Crippen LogP contribution in [0.2, 0.25) is 0 Å². The largest absolute Gasteiger partial charge is 0.438 e. The lowest BCUT2D eigenvalue weighted by Gasteiger charge is -2.09. The summed E-state index contributed by atoms with van der Waals surface area (Å²) >= 11 is 0. The average Bonchev–Trinajstić information content (AvgIpc) is 3.32. The number of carbonyl (C=O) groups is 1. The molecule has 0 aliphatic carbocycles. The molecule has 4 rings (SSSR count). The summed E-state index contributed by atoms with van der Waals surface area (Å²) in [5, 5.41) is 9.67. The van der Waals surface area contributed by atoms with Crippen molar-refractivity contribution in [3.05, 3.63) is 72.8 Å². The number of amides is 1. The summed E-state index contributed by atoms with van der Waals surface area (Å²) in [7, 11) is 5.70. The van der Waals surface area contributed by atoms with Crippen molar-refractivity contribution in [2.45, 2.75) is 0 Å². The van der Waals surface area contributed by atoms with Gasteiger partial charge in [0.2, 0.25) is 11.8 Å². The van der Waals surface area contributed by atoms with Crippen molar-refractivity contribution in [3.63, 3.8) is 0 Å². The molecule has 10 heteroatoms. The molecular weight excluding hydrogens is 473 g/mol. The number of anilines is 2. The molecule has 9 nitrogen and oxygen atoms in total. The second-order valence-electron chi connectivity index (χ2n) is 8.63. The number of aromatic amines is 1. The summed E-state index contributed by atoms with van der Waals surface area (Å²) in [6.07, 6.45) is 4.46. The number of benzene rings is 2. The molecule has 4 N–H and O–H groups in total. The number of rotatable bonds is 11. The number of ether oxygens (including phenoxy) is 1. The monoisotopic (exact) mass is 503 g/mol. The molecule has 0 spiro atoms. The fraction of sp³-hybridized carbons (Fsp3) is 0.222. The Bertz CT molecular complexity index is 1380.